The molecule has 0 saturated carbocycles. The number of morpholine rings is 1. The largest absolute Gasteiger partial charge is 0.480 e. The van der Waals surface area contributed by atoms with Gasteiger partial charge in [-0.15, -0.1) is 0 Å². The van der Waals surface area contributed by atoms with Crippen LogP contribution in [-0.4, -0.2) is 53.3 Å². The number of amides is 1. The lowest BCUT2D eigenvalue weighted by Crippen LogP contribution is -2.43. The van der Waals surface area contributed by atoms with Crippen LogP contribution in [0.5, 0.6) is 5.75 Å². The van der Waals surface area contributed by atoms with E-state index >= 15 is 0 Å². The minimum Gasteiger partial charge on any atom is -0.480 e. The molecule has 0 spiro atoms. The van der Waals surface area contributed by atoms with Crippen molar-refractivity contribution in [3.05, 3.63) is 48.4 Å². The molecule has 1 atom stereocenters. The van der Waals surface area contributed by atoms with E-state index in [1.165, 1.54) is 0 Å². The highest BCUT2D eigenvalue weighted by atomic mass is 19.1. The second kappa shape index (κ2) is 8.87. The summed E-state index contributed by atoms with van der Waals surface area (Å²) in [7, 11) is 0. The smallest absolute Gasteiger partial charge is 0.263 e. The molecule has 2 aliphatic rings. The van der Waals surface area contributed by atoms with Gasteiger partial charge in [0, 0.05) is 24.0 Å². The van der Waals surface area contributed by atoms with Crippen LogP contribution in [0.15, 0.2) is 42.6 Å². The van der Waals surface area contributed by atoms with Gasteiger partial charge < -0.3 is 30.3 Å². The van der Waals surface area contributed by atoms with Gasteiger partial charge in [-0.3, -0.25) is 4.79 Å². The number of nitrogens with one attached hydrogen (secondary N) is 3. The van der Waals surface area contributed by atoms with E-state index in [0.29, 0.717) is 30.8 Å². The zero-order valence-electron chi connectivity index (χ0n) is 17.8. The van der Waals surface area contributed by atoms with Crippen LogP contribution in [0.1, 0.15) is 6.92 Å². The number of fused-ring (bicyclic) bond motifs is 1. The number of rotatable bonds is 5. The lowest BCUT2D eigenvalue weighted by atomic mass is 10.2. The predicted octanol–water partition coefficient (Wildman–Crippen LogP) is 3.05. The van der Waals surface area contributed by atoms with Crippen molar-refractivity contribution >= 4 is 40.7 Å². The van der Waals surface area contributed by atoms with Gasteiger partial charge in [0.15, 0.2) is 29.8 Å². The van der Waals surface area contributed by atoms with Gasteiger partial charge in [0.1, 0.15) is 5.82 Å². The number of hydrogen-bond acceptors (Lipinski definition) is 9. The van der Waals surface area contributed by atoms with Crippen LogP contribution in [-0.2, 0) is 9.53 Å². The summed E-state index contributed by atoms with van der Waals surface area (Å²) in [5.41, 5.74) is 1.87. The fourth-order valence-corrected chi connectivity index (χ4v) is 3.65. The molecule has 1 fully saturated rings. The topological polar surface area (TPSA) is 114 Å². The first-order valence-corrected chi connectivity index (χ1v) is 10.5. The molecule has 0 unspecified atom stereocenters. The molecule has 0 radical (unpaired) electrons. The standard InChI is InChI=1S/C22H22FN7O3/c1-13-11-32-9-8-30(13)15-4-2-14(3-5-15)25-22-24-10-16(23)20(29-22)26-18-7-6-17-21(27-18)28-19(31)12-33-17/h2-7,10,13H,8-9,11-12H2,1H3,(H3,24,25,26,27,28,29,31)/t13-/m0/s1. The minimum absolute atomic E-state index is 0.0539. The first-order valence-electron chi connectivity index (χ1n) is 10.5. The molecule has 0 aliphatic carbocycles. The van der Waals surface area contributed by atoms with Crippen molar-refractivity contribution in [2.24, 2.45) is 0 Å². The fourth-order valence-electron chi connectivity index (χ4n) is 3.65. The van der Waals surface area contributed by atoms with Gasteiger partial charge in [0.25, 0.3) is 5.91 Å². The summed E-state index contributed by atoms with van der Waals surface area (Å²) in [5.74, 6) is 0.229. The highest BCUT2D eigenvalue weighted by Crippen LogP contribution is 2.29. The van der Waals surface area contributed by atoms with Crippen molar-refractivity contribution in [3.63, 3.8) is 0 Å². The molecule has 1 amide bonds. The van der Waals surface area contributed by atoms with E-state index in [9.17, 15) is 9.18 Å². The van der Waals surface area contributed by atoms with Gasteiger partial charge >= 0.3 is 0 Å². The van der Waals surface area contributed by atoms with E-state index in [-0.39, 0.29) is 30.1 Å². The second-order valence-corrected chi connectivity index (χ2v) is 7.68. The molecule has 0 bridgehead atoms. The Kier molecular flexibility index (Phi) is 5.61. The van der Waals surface area contributed by atoms with Crippen LogP contribution >= 0.6 is 0 Å². The van der Waals surface area contributed by atoms with Crippen LogP contribution in [0.2, 0.25) is 0 Å². The van der Waals surface area contributed by atoms with E-state index < -0.39 is 5.82 Å². The van der Waals surface area contributed by atoms with Gasteiger partial charge in [0.2, 0.25) is 5.95 Å². The van der Waals surface area contributed by atoms with Gasteiger partial charge in [0.05, 0.1) is 19.4 Å². The maximum absolute atomic E-state index is 14.3. The molecule has 4 heterocycles. The number of halogens is 1. The molecular weight excluding hydrogens is 429 g/mol. The van der Waals surface area contributed by atoms with Crippen molar-refractivity contribution < 1.29 is 18.7 Å². The molecule has 33 heavy (non-hydrogen) atoms. The second-order valence-electron chi connectivity index (χ2n) is 7.68. The monoisotopic (exact) mass is 451 g/mol. The molecule has 1 aromatic carbocycles. The van der Waals surface area contributed by atoms with Crippen LogP contribution in [0, 0.1) is 5.82 Å². The molecular formula is C22H22FN7O3. The zero-order valence-corrected chi connectivity index (χ0v) is 17.8. The number of hydrogen-bond donors (Lipinski definition) is 3. The van der Waals surface area contributed by atoms with Crippen molar-refractivity contribution in [1.82, 2.24) is 15.0 Å². The Morgan fingerprint density at radius 1 is 1.15 bits per heavy atom. The normalized spacial score (nSPS) is 17.6. The lowest BCUT2D eigenvalue weighted by molar-refractivity contribution is -0.118. The molecule has 10 nitrogen and oxygen atoms in total. The van der Waals surface area contributed by atoms with Crippen molar-refractivity contribution in [2.75, 3.05) is 47.2 Å². The Morgan fingerprint density at radius 3 is 2.82 bits per heavy atom. The number of nitrogens with zero attached hydrogens (tertiary/aromatic N) is 4. The minimum atomic E-state index is -0.642. The number of anilines is 6. The summed E-state index contributed by atoms with van der Waals surface area (Å²) in [4.78, 5) is 26.3. The Hall–Kier alpha value is -3.99. The van der Waals surface area contributed by atoms with E-state index in [1.807, 2.05) is 24.3 Å². The zero-order chi connectivity index (χ0) is 22.8. The third kappa shape index (κ3) is 4.62. The quantitative estimate of drug-likeness (QED) is 0.539. The molecule has 1 saturated heterocycles. The SMILES string of the molecule is C[C@H]1COCCN1c1ccc(Nc2ncc(F)c(Nc3ccc4c(n3)NC(=O)CO4)n2)cc1. The van der Waals surface area contributed by atoms with Crippen LogP contribution in [0.3, 0.4) is 0 Å². The molecule has 5 rings (SSSR count). The van der Waals surface area contributed by atoms with Crippen molar-refractivity contribution in [3.8, 4) is 5.75 Å². The van der Waals surface area contributed by atoms with E-state index in [2.05, 4.69) is 42.7 Å². The van der Waals surface area contributed by atoms with E-state index in [4.69, 9.17) is 9.47 Å². The van der Waals surface area contributed by atoms with E-state index in [1.54, 1.807) is 12.1 Å². The van der Waals surface area contributed by atoms with Gasteiger partial charge in [-0.2, -0.15) is 4.98 Å². The summed E-state index contributed by atoms with van der Waals surface area (Å²) in [6.07, 6.45) is 1.07. The van der Waals surface area contributed by atoms with Crippen molar-refractivity contribution in [2.45, 2.75) is 13.0 Å². The maximum Gasteiger partial charge on any atom is 0.263 e. The van der Waals surface area contributed by atoms with Gasteiger partial charge in [-0.05, 0) is 43.3 Å². The molecule has 2 aromatic heterocycles. The van der Waals surface area contributed by atoms with Crippen LogP contribution < -0.4 is 25.6 Å². The number of carbonyl (C=O) groups is 1. The number of aromatic nitrogens is 3. The first kappa shape index (κ1) is 20.9. The predicted molar refractivity (Wildman–Crippen MR) is 121 cm³/mol. The maximum atomic E-state index is 14.3. The summed E-state index contributed by atoms with van der Waals surface area (Å²) in [6, 6.07) is 11.4. The molecule has 170 valence electrons. The summed E-state index contributed by atoms with van der Waals surface area (Å²) >= 11 is 0. The number of carbonyl (C=O) groups excluding carboxylic acids is 1. The average Bonchev–Trinajstić information content (AvgIpc) is 2.82. The highest BCUT2D eigenvalue weighted by Gasteiger charge is 2.20. The number of benzene rings is 1. The van der Waals surface area contributed by atoms with Crippen LogP contribution in [0.25, 0.3) is 0 Å². The third-order valence-electron chi connectivity index (χ3n) is 5.29. The highest BCUT2D eigenvalue weighted by molar-refractivity contribution is 5.94. The number of ether oxygens (including phenoxy) is 2. The molecule has 11 heteroatoms. The molecule has 3 aromatic rings. The Morgan fingerprint density at radius 2 is 2.00 bits per heavy atom. The van der Waals surface area contributed by atoms with Gasteiger partial charge in [-0.1, -0.05) is 0 Å². The Balaban J connectivity index is 1.30. The Bertz CT molecular complexity index is 1180. The molecule has 3 N–H and O–H groups in total. The lowest BCUT2D eigenvalue weighted by Gasteiger charge is -2.35. The van der Waals surface area contributed by atoms with E-state index in [0.717, 1.165) is 24.1 Å². The third-order valence-corrected chi connectivity index (χ3v) is 5.29. The molecule has 2 aliphatic heterocycles. The van der Waals surface area contributed by atoms with Gasteiger partial charge in [-0.25, -0.2) is 14.4 Å². The number of pyridine rings is 1. The average molecular weight is 451 g/mol. The van der Waals surface area contributed by atoms with Crippen LogP contribution in [0.4, 0.5) is 39.2 Å². The fraction of sp³-hybridized carbons (Fsp3) is 0.273. The first-order chi connectivity index (χ1) is 16.0. The Labute approximate surface area is 189 Å². The van der Waals surface area contributed by atoms with Crippen molar-refractivity contribution in [1.29, 1.82) is 0 Å². The summed E-state index contributed by atoms with van der Waals surface area (Å²) < 4.78 is 25.1. The summed E-state index contributed by atoms with van der Waals surface area (Å²) in [6.45, 7) is 4.32. The summed E-state index contributed by atoms with van der Waals surface area (Å²) in [5, 5.41) is 8.51.